The number of aromatic nitrogens is 1. The molecule has 1 aliphatic rings. The number of nitrogens with zero attached hydrogens (tertiary/aromatic N) is 2. The van der Waals surface area contributed by atoms with E-state index in [0.29, 0.717) is 37.5 Å². The summed E-state index contributed by atoms with van der Waals surface area (Å²) in [5.74, 6) is 1.00. The van der Waals surface area contributed by atoms with Crippen LogP contribution >= 0.6 is 0 Å². The summed E-state index contributed by atoms with van der Waals surface area (Å²) in [6, 6.07) is 1.27. The van der Waals surface area contributed by atoms with Crippen molar-refractivity contribution in [1.29, 1.82) is 0 Å². The minimum absolute atomic E-state index is 0.108. The van der Waals surface area contributed by atoms with Gasteiger partial charge in [-0.3, -0.25) is 5.32 Å². The Labute approximate surface area is 117 Å². The molecule has 0 unspecified atom stereocenters. The molecule has 112 valence electrons. The van der Waals surface area contributed by atoms with E-state index in [2.05, 4.69) is 15.2 Å². The summed E-state index contributed by atoms with van der Waals surface area (Å²) >= 11 is 0. The van der Waals surface area contributed by atoms with E-state index >= 15 is 0 Å². The Morgan fingerprint density at radius 2 is 2.10 bits per heavy atom. The lowest BCUT2D eigenvalue weighted by atomic mass is 10.1. The molecule has 1 saturated heterocycles. The number of nitrogens with one attached hydrogen (secondary N) is 2. The molecule has 0 radical (unpaired) electrons. The smallest absolute Gasteiger partial charge is 0.323 e. The lowest BCUT2D eigenvalue weighted by molar-refractivity contribution is 0.193. The SMILES string of the molecule is Cc1cc(NC(=O)N2CCC(NS(C)(=O)=O)CC2)no1. The van der Waals surface area contributed by atoms with E-state index in [1.165, 1.54) is 0 Å². The molecule has 2 rings (SSSR count). The monoisotopic (exact) mass is 302 g/mol. The average molecular weight is 302 g/mol. The van der Waals surface area contributed by atoms with Crippen molar-refractivity contribution < 1.29 is 17.7 Å². The van der Waals surface area contributed by atoms with Crippen LogP contribution in [-0.2, 0) is 10.0 Å². The molecule has 2 N–H and O–H groups in total. The van der Waals surface area contributed by atoms with Gasteiger partial charge >= 0.3 is 6.03 Å². The molecule has 0 saturated carbocycles. The van der Waals surface area contributed by atoms with Crippen molar-refractivity contribution in [3.8, 4) is 0 Å². The molecular weight excluding hydrogens is 284 g/mol. The Bertz CT molecular complexity index is 575. The summed E-state index contributed by atoms with van der Waals surface area (Å²) < 4.78 is 29.7. The fraction of sp³-hybridized carbons (Fsp3) is 0.636. The van der Waals surface area contributed by atoms with Crippen LogP contribution in [0.5, 0.6) is 0 Å². The van der Waals surface area contributed by atoms with Gasteiger partial charge in [0.05, 0.1) is 6.26 Å². The highest BCUT2D eigenvalue weighted by atomic mass is 32.2. The van der Waals surface area contributed by atoms with E-state index in [4.69, 9.17) is 4.52 Å². The topological polar surface area (TPSA) is 105 Å². The van der Waals surface area contributed by atoms with Crippen LogP contribution in [0.1, 0.15) is 18.6 Å². The van der Waals surface area contributed by atoms with Crippen LogP contribution in [0.4, 0.5) is 10.6 Å². The van der Waals surface area contributed by atoms with Gasteiger partial charge in [-0.15, -0.1) is 0 Å². The zero-order valence-corrected chi connectivity index (χ0v) is 12.2. The average Bonchev–Trinajstić information content (AvgIpc) is 2.73. The van der Waals surface area contributed by atoms with Crippen molar-refractivity contribution in [3.05, 3.63) is 11.8 Å². The molecule has 1 aromatic rings. The van der Waals surface area contributed by atoms with Crippen LogP contribution in [0, 0.1) is 6.92 Å². The molecule has 9 heteroatoms. The quantitative estimate of drug-likeness (QED) is 0.847. The van der Waals surface area contributed by atoms with E-state index in [1.54, 1.807) is 17.9 Å². The third kappa shape index (κ3) is 4.20. The second-order valence-electron chi connectivity index (χ2n) is 4.90. The van der Waals surface area contributed by atoms with E-state index in [1.807, 2.05) is 0 Å². The molecule has 0 bridgehead atoms. The normalized spacial score (nSPS) is 17.2. The van der Waals surface area contributed by atoms with E-state index in [0.717, 1.165) is 6.26 Å². The van der Waals surface area contributed by atoms with Gasteiger partial charge in [-0.25, -0.2) is 17.9 Å². The number of amides is 2. The Balaban J connectivity index is 1.83. The van der Waals surface area contributed by atoms with Gasteiger partial charge in [0.15, 0.2) is 5.82 Å². The summed E-state index contributed by atoms with van der Waals surface area (Å²) in [6.45, 7) is 2.73. The van der Waals surface area contributed by atoms with Crippen LogP contribution in [0.3, 0.4) is 0 Å². The molecule has 20 heavy (non-hydrogen) atoms. The fourth-order valence-electron chi connectivity index (χ4n) is 2.12. The number of carbonyl (C=O) groups is 1. The van der Waals surface area contributed by atoms with Gasteiger partial charge in [-0.05, 0) is 19.8 Å². The van der Waals surface area contributed by atoms with Crippen LogP contribution in [0.2, 0.25) is 0 Å². The van der Waals surface area contributed by atoms with Crippen molar-refractivity contribution in [3.63, 3.8) is 0 Å². The second kappa shape index (κ2) is 5.80. The number of sulfonamides is 1. The van der Waals surface area contributed by atoms with Gasteiger partial charge in [-0.1, -0.05) is 5.16 Å². The van der Waals surface area contributed by atoms with Crippen LogP contribution < -0.4 is 10.0 Å². The molecule has 8 nitrogen and oxygen atoms in total. The van der Waals surface area contributed by atoms with Gasteiger partial charge in [0.2, 0.25) is 10.0 Å². The van der Waals surface area contributed by atoms with Crippen molar-refractivity contribution in [2.24, 2.45) is 0 Å². The highest BCUT2D eigenvalue weighted by Gasteiger charge is 2.24. The fourth-order valence-corrected chi connectivity index (χ4v) is 2.96. The van der Waals surface area contributed by atoms with Gasteiger partial charge in [-0.2, -0.15) is 0 Å². The Kier molecular flexibility index (Phi) is 4.29. The maximum absolute atomic E-state index is 12.0. The second-order valence-corrected chi connectivity index (χ2v) is 6.68. The molecule has 0 spiro atoms. The minimum atomic E-state index is -3.20. The number of aryl methyl sites for hydroxylation is 1. The zero-order chi connectivity index (χ0) is 14.8. The summed E-state index contributed by atoms with van der Waals surface area (Å²) in [4.78, 5) is 13.6. The first-order chi connectivity index (χ1) is 9.33. The van der Waals surface area contributed by atoms with Crippen LogP contribution in [0.15, 0.2) is 10.6 Å². The lowest BCUT2D eigenvalue weighted by Gasteiger charge is -2.31. The highest BCUT2D eigenvalue weighted by molar-refractivity contribution is 7.88. The molecule has 0 aliphatic carbocycles. The standard InChI is InChI=1S/C11H18N4O4S/c1-8-7-10(13-19-8)12-11(16)15-5-3-9(4-6-15)14-20(2,17)18/h7,9,14H,3-6H2,1-2H3,(H,12,13,16). The van der Waals surface area contributed by atoms with Crippen molar-refractivity contribution in [2.75, 3.05) is 24.7 Å². The molecule has 1 aliphatic heterocycles. The first kappa shape index (κ1) is 14.8. The van der Waals surface area contributed by atoms with Crippen LogP contribution in [0.25, 0.3) is 0 Å². The first-order valence-corrected chi connectivity index (χ1v) is 8.19. The molecule has 0 atom stereocenters. The minimum Gasteiger partial charge on any atom is -0.360 e. The molecule has 1 aromatic heterocycles. The maximum Gasteiger partial charge on any atom is 0.323 e. The molecule has 2 heterocycles. The Morgan fingerprint density at radius 1 is 1.45 bits per heavy atom. The molecule has 2 amide bonds. The largest absolute Gasteiger partial charge is 0.360 e. The number of carbonyl (C=O) groups excluding carboxylic acids is 1. The summed E-state index contributed by atoms with van der Waals surface area (Å²) in [5, 5.41) is 6.33. The number of hydrogen-bond acceptors (Lipinski definition) is 5. The maximum atomic E-state index is 12.0. The summed E-state index contributed by atoms with van der Waals surface area (Å²) in [6.07, 6.45) is 2.33. The molecule has 0 aromatic carbocycles. The molecular formula is C11H18N4O4S. The number of rotatable bonds is 3. The number of piperidine rings is 1. The van der Waals surface area contributed by atoms with Crippen molar-refractivity contribution in [2.45, 2.75) is 25.8 Å². The highest BCUT2D eigenvalue weighted by Crippen LogP contribution is 2.13. The zero-order valence-electron chi connectivity index (χ0n) is 11.4. The van der Waals surface area contributed by atoms with Gasteiger partial charge in [0.1, 0.15) is 5.76 Å². The number of hydrogen-bond donors (Lipinski definition) is 2. The van der Waals surface area contributed by atoms with Crippen molar-refractivity contribution in [1.82, 2.24) is 14.8 Å². The molecule has 1 fully saturated rings. The van der Waals surface area contributed by atoms with Gasteiger partial charge in [0.25, 0.3) is 0 Å². The summed E-state index contributed by atoms with van der Waals surface area (Å²) in [5.41, 5.74) is 0. The van der Waals surface area contributed by atoms with E-state index in [-0.39, 0.29) is 12.1 Å². The van der Waals surface area contributed by atoms with E-state index < -0.39 is 10.0 Å². The third-order valence-electron chi connectivity index (χ3n) is 3.03. The number of urea groups is 1. The summed E-state index contributed by atoms with van der Waals surface area (Å²) in [7, 11) is -3.20. The van der Waals surface area contributed by atoms with Gasteiger partial charge in [0, 0.05) is 25.2 Å². The number of anilines is 1. The predicted molar refractivity (Wildman–Crippen MR) is 72.8 cm³/mol. The Hall–Kier alpha value is -1.61. The van der Waals surface area contributed by atoms with Crippen LogP contribution in [-0.4, -0.2) is 49.9 Å². The Morgan fingerprint density at radius 3 is 2.60 bits per heavy atom. The first-order valence-electron chi connectivity index (χ1n) is 6.30. The van der Waals surface area contributed by atoms with Crippen molar-refractivity contribution >= 4 is 21.9 Å². The van der Waals surface area contributed by atoms with Gasteiger partial charge < -0.3 is 9.42 Å². The third-order valence-corrected chi connectivity index (χ3v) is 3.79. The number of likely N-dealkylation sites (tertiary alicyclic amines) is 1. The predicted octanol–water partition coefficient (Wildman–Crippen LogP) is 0.529. The lowest BCUT2D eigenvalue weighted by Crippen LogP contribution is -2.47. The van der Waals surface area contributed by atoms with E-state index in [9.17, 15) is 13.2 Å².